The summed E-state index contributed by atoms with van der Waals surface area (Å²) in [6.45, 7) is 0. The molecule has 114 valence electrons. The van der Waals surface area contributed by atoms with Crippen molar-refractivity contribution >= 4 is 39.4 Å². The molecule has 4 nitrogen and oxygen atoms in total. The third kappa shape index (κ3) is 3.77. The van der Waals surface area contributed by atoms with E-state index >= 15 is 0 Å². The number of benzene rings is 1. The normalized spacial score (nSPS) is 17.8. The molecule has 0 radical (unpaired) electrons. The number of carbonyl (C=O) groups excluding carboxylic acids is 1. The zero-order valence-corrected chi connectivity index (χ0v) is 13.8. The zero-order chi connectivity index (χ0) is 15.5. The van der Waals surface area contributed by atoms with Gasteiger partial charge in [0, 0.05) is 9.50 Å². The van der Waals surface area contributed by atoms with Gasteiger partial charge in [-0.2, -0.15) is 0 Å². The fourth-order valence-electron chi connectivity index (χ4n) is 2.68. The molecule has 1 fully saturated rings. The first-order valence-corrected chi connectivity index (χ1v) is 8.13. The Kier molecular flexibility index (Phi) is 5.27. The van der Waals surface area contributed by atoms with Crippen molar-refractivity contribution in [1.29, 1.82) is 0 Å². The summed E-state index contributed by atoms with van der Waals surface area (Å²) >= 11 is 9.15. The molecule has 1 aliphatic rings. The van der Waals surface area contributed by atoms with Crippen molar-refractivity contribution in [3.05, 3.63) is 33.3 Å². The Morgan fingerprint density at radius 2 is 1.81 bits per heavy atom. The van der Waals surface area contributed by atoms with Gasteiger partial charge in [0.05, 0.1) is 5.56 Å². The van der Waals surface area contributed by atoms with Gasteiger partial charge in [-0.15, -0.1) is 0 Å². The Bertz CT molecular complexity index is 554. The van der Waals surface area contributed by atoms with Crippen LogP contribution in [0.1, 0.15) is 48.9 Å². The standard InChI is InChI=1S/C15H17BrClNO3/c16-12-9-10(17)5-6-11(12)13(19)18-15(14(20)21)7-3-1-2-4-8-15/h5-6,9H,1-4,7-8H2,(H,18,19)(H,20,21). The molecule has 1 aliphatic carbocycles. The maximum absolute atomic E-state index is 12.4. The molecular formula is C15H17BrClNO3. The van der Waals surface area contributed by atoms with Crippen LogP contribution in [0.2, 0.25) is 5.02 Å². The third-order valence-electron chi connectivity index (χ3n) is 3.90. The molecular weight excluding hydrogens is 358 g/mol. The molecule has 0 aromatic heterocycles. The number of nitrogens with one attached hydrogen (secondary N) is 1. The number of carboxylic acids is 1. The number of halogens is 2. The minimum atomic E-state index is -1.16. The van der Waals surface area contributed by atoms with Crippen molar-refractivity contribution in [3.63, 3.8) is 0 Å². The van der Waals surface area contributed by atoms with E-state index in [1.807, 2.05) is 0 Å². The minimum absolute atomic E-state index is 0.386. The maximum atomic E-state index is 12.4. The number of aliphatic carboxylic acids is 1. The average molecular weight is 375 g/mol. The number of hydrogen-bond acceptors (Lipinski definition) is 2. The molecule has 0 saturated heterocycles. The predicted molar refractivity (Wildman–Crippen MR) is 84.7 cm³/mol. The molecule has 0 aliphatic heterocycles. The number of rotatable bonds is 3. The highest BCUT2D eigenvalue weighted by Gasteiger charge is 2.40. The highest BCUT2D eigenvalue weighted by molar-refractivity contribution is 9.10. The molecule has 21 heavy (non-hydrogen) atoms. The van der Waals surface area contributed by atoms with Crippen molar-refractivity contribution in [1.82, 2.24) is 5.32 Å². The molecule has 0 heterocycles. The Balaban J connectivity index is 2.24. The van der Waals surface area contributed by atoms with Crippen LogP contribution in [0, 0.1) is 0 Å². The lowest BCUT2D eigenvalue weighted by molar-refractivity contribution is -0.145. The lowest BCUT2D eigenvalue weighted by atomic mass is 9.90. The summed E-state index contributed by atoms with van der Waals surface area (Å²) in [7, 11) is 0. The molecule has 0 bridgehead atoms. The highest BCUT2D eigenvalue weighted by Crippen LogP contribution is 2.29. The molecule has 2 rings (SSSR count). The van der Waals surface area contributed by atoms with Crippen LogP contribution in [0.3, 0.4) is 0 Å². The maximum Gasteiger partial charge on any atom is 0.329 e. The number of carboxylic acid groups (broad SMARTS) is 1. The Morgan fingerprint density at radius 3 is 2.33 bits per heavy atom. The van der Waals surface area contributed by atoms with Crippen LogP contribution in [-0.4, -0.2) is 22.5 Å². The van der Waals surface area contributed by atoms with Crippen molar-refractivity contribution < 1.29 is 14.7 Å². The summed E-state index contributed by atoms with van der Waals surface area (Å²) in [5.74, 6) is -1.34. The monoisotopic (exact) mass is 373 g/mol. The molecule has 0 spiro atoms. The topological polar surface area (TPSA) is 66.4 Å². The summed E-state index contributed by atoms with van der Waals surface area (Å²) in [6.07, 6.45) is 4.59. The smallest absolute Gasteiger partial charge is 0.329 e. The second-order valence-electron chi connectivity index (χ2n) is 5.38. The molecule has 0 unspecified atom stereocenters. The molecule has 2 N–H and O–H groups in total. The highest BCUT2D eigenvalue weighted by atomic mass is 79.9. The van der Waals surface area contributed by atoms with Gasteiger partial charge in [-0.1, -0.05) is 37.3 Å². The lowest BCUT2D eigenvalue weighted by Gasteiger charge is -2.29. The molecule has 1 saturated carbocycles. The van der Waals surface area contributed by atoms with E-state index in [9.17, 15) is 14.7 Å². The van der Waals surface area contributed by atoms with E-state index in [0.717, 1.165) is 25.7 Å². The molecule has 1 amide bonds. The summed E-state index contributed by atoms with van der Waals surface area (Å²) in [5, 5.41) is 12.8. The quantitative estimate of drug-likeness (QED) is 0.786. The van der Waals surface area contributed by atoms with Crippen LogP contribution in [0.15, 0.2) is 22.7 Å². The van der Waals surface area contributed by atoms with Crippen molar-refractivity contribution in [3.8, 4) is 0 Å². The van der Waals surface area contributed by atoms with Gasteiger partial charge in [0.15, 0.2) is 0 Å². The van der Waals surface area contributed by atoms with Crippen LogP contribution in [0.4, 0.5) is 0 Å². The number of hydrogen-bond donors (Lipinski definition) is 2. The molecule has 0 atom stereocenters. The first kappa shape index (κ1) is 16.3. The van der Waals surface area contributed by atoms with Gasteiger partial charge in [0.2, 0.25) is 0 Å². The Morgan fingerprint density at radius 1 is 1.19 bits per heavy atom. The SMILES string of the molecule is O=C(NC1(C(=O)O)CCCCCC1)c1ccc(Cl)cc1Br. The first-order valence-electron chi connectivity index (χ1n) is 6.95. The summed E-state index contributed by atoms with van der Waals surface area (Å²) < 4.78 is 0.557. The van der Waals surface area contributed by atoms with Gasteiger partial charge in [0.25, 0.3) is 5.91 Å². The lowest BCUT2D eigenvalue weighted by Crippen LogP contribution is -2.54. The van der Waals surface area contributed by atoms with E-state index in [2.05, 4.69) is 21.2 Å². The average Bonchev–Trinajstić information content (AvgIpc) is 2.65. The van der Waals surface area contributed by atoms with E-state index in [1.165, 1.54) is 0 Å². The molecule has 1 aromatic carbocycles. The molecule has 1 aromatic rings. The Labute approximate surface area is 137 Å². The first-order chi connectivity index (χ1) is 9.94. The van der Waals surface area contributed by atoms with Crippen LogP contribution >= 0.6 is 27.5 Å². The number of carbonyl (C=O) groups is 2. The van der Waals surface area contributed by atoms with E-state index < -0.39 is 11.5 Å². The summed E-state index contributed by atoms with van der Waals surface area (Å²) in [5.41, 5.74) is -0.767. The van der Waals surface area contributed by atoms with Gasteiger partial charge in [-0.25, -0.2) is 4.79 Å². The van der Waals surface area contributed by atoms with Crippen molar-refractivity contribution in [2.75, 3.05) is 0 Å². The van der Waals surface area contributed by atoms with Crippen LogP contribution in [-0.2, 0) is 4.79 Å². The van der Waals surface area contributed by atoms with E-state index in [0.29, 0.717) is 27.9 Å². The van der Waals surface area contributed by atoms with E-state index in [4.69, 9.17) is 11.6 Å². The Hall–Kier alpha value is -1.07. The third-order valence-corrected chi connectivity index (χ3v) is 4.79. The minimum Gasteiger partial charge on any atom is -0.480 e. The van der Waals surface area contributed by atoms with Gasteiger partial charge >= 0.3 is 5.97 Å². The van der Waals surface area contributed by atoms with E-state index in [1.54, 1.807) is 18.2 Å². The largest absolute Gasteiger partial charge is 0.480 e. The fraction of sp³-hybridized carbons (Fsp3) is 0.467. The van der Waals surface area contributed by atoms with Crippen molar-refractivity contribution in [2.45, 2.75) is 44.1 Å². The number of amides is 1. The van der Waals surface area contributed by atoms with Crippen LogP contribution < -0.4 is 5.32 Å². The molecule has 6 heteroatoms. The van der Waals surface area contributed by atoms with Gasteiger partial charge in [-0.3, -0.25) is 4.79 Å². The second kappa shape index (κ2) is 6.79. The van der Waals surface area contributed by atoms with E-state index in [-0.39, 0.29) is 5.91 Å². The van der Waals surface area contributed by atoms with Gasteiger partial charge < -0.3 is 10.4 Å². The predicted octanol–water partition coefficient (Wildman–Crippen LogP) is 4.01. The van der Waals surface area contributed by atoms with Gasteiger partial charge in [-0.05, 0) is 47.0 Å². The van der Waals surface area contributed by atoms with Crippen LogP contribution in [0.25, 0.3) is 0 Å². The van der Waals surface area contributed by atoms with Crippen LogP contribution in [0.5, 0.6) is 0 Å². The van der Waals surface area contributed by atoms with Crippen molar-refractivity contribution in [2.24, 2.45) is 0 Å². The summed E-state index contributed by atoms with van der Waals surface area (Å²) in [6, 6.07) is 4.83. The zero-order valence-electron chi connectivity index (χ0n) is 11.5. The fourth-order valence-corrected chi connectivity index (χ4v) is 3.55. The van der Waals surface area contributed by atoms with Gasteiger partial charge in [0.1, 0.15) is 5.54 Å². The second-order valence-corrected chi connectivity index (χ2v) is 6.67. The summed E-state index contributed by atoms with van der Waals surface area (Å²) in [4.78, 5) is 24.1.